The zero-order chi connectivity index (χ0) is 21.2. The van der Waals surface area contributed by atoms with Crippen LogP contribution >= 0.6 is 11.3 Å². The fraction of sp³-hybridized carbons (Fsp3) is 0.476. The zero-order valence-corrected chi connectivity index (χ0v) is 17.9. The highest BCUT2D eigenvalue weighted by Gasteiger charge is 2.12. The minimum absolute atomic E-state index is 0.0227. The van der Waals surface area contributed by atoms with Crippen LogP contribution in [0.1, 0.15) is 58.5 Å². The number of nitrogens with one attached hydrogen (secondary N) is 1. The van der Waals surface area contributed by atoms with E-state index in [0.717, 1.165) is 29.7 Å². The Hall–Kier alpha value is -2.61. The summed E-state index contributed by atoms with van der Waals surface area (Å²) >= 11 is 0.967. The predicted molar refractivity (Wildman–Crippen MR) is 109 cm³/mol. The van der Waals surface area contributed by atoms with Gasteiger partial charge in [-0.2, -0.15) is 0 Å². The highest BCUT2D eigenvalue weighted by Crippen LogP contribution is 2.28. The van der Waals surface area contributed by atoms with Crippen LogP contribution in [0.25, 0.3) is 0 Å². The third-order valence-electron chi connectivity index (χ3n) is 4.31. The summed E-state index contributed by atoms with van der Waals surface area (Å²) in [6.45, 7) is 4.73. The first-order valence-electron chi connectivity index (χ1n) is 9.68. The molecule has 1 amide bonds. The molecule has 0 saturated carbocycles. The lowest BCUT2D eigenvalue weighted by Gasteiger charge is -2.12. The monoisotopic (exact) mass is 419 g/mol. The molecular formula is C21H27N2O5S-. The molecule has 0 spiro atoms. The predicted octanol–water partition coefficient (Wildman–Crippen LogP) is 2.64. The number of aromatic carboxylic acids is 1. The van der Waals surface area contributed by atoms with Gasteiger partial charge in [-0.1, -0.05) is 32.3 Å². The third kappa shape index (κ3) is 7.05. The fourth-order valence-corrected chi connectivity index (χ4v) is 3.67. The van der Waals surface area contributed by atoms with Gasteiger partial charge in [0, 0.05) is 6.54 Å². The van der Waals surface area contributed by atoms with Crippen LogP contribution in [-0.4, -0.2) is 30.6 Å². The van der Waals surface area contributed by atoms with Crippen LogP contribution in [0.2, 0.25) is 0 Å². The molecule has 0 atom stereocenters. The molecule has 0 aliphatic carbocycles. The lowest BCUT2D eigenvalue weighted by Crippen LogP contribution is -2.24. The lowest BCUT2D eigenvalue weighted by molar-refractivity contribution is -0.254. The van der Waals surface area contributed by atoms with Crippen molar-refractivity contribution in [3.05, 3.63) is 39.3 Å². The van der Waals surface area contributed by atoms with Crippen LogP contribution in [0.3, 0.4) is 0 Å². The second-order valence-corrected chi connectivity index (χ2v) is 7.74. The summed E-state index contributed by atoms with van der Waals surface area (Å²) in [6.07, 6.45) is 4.56. The molecule has 0 radical (unpaired) electrons. The number of benzene rings is 1. The van der Waals surface area contributed by atoms with Crippen LogP contribution in [0.15, 0.2) is 18.2 Å². The SMILES string of the molecule is CCCCCCOc1ccc(CNC(=O)Cc2nc(C)c(C(=O)[O-])s2)cc1OC. The van der Waals surface area contributed by atoms with Gasteiger partial charge in [0.1, 0.15) is 5.01 Å². The first kappa shape index (κ1) is 22.7. The first-order chi connectivity index (χ1) is 13.9. The number of carboxylic acid groups (broad SMARTS) is 1. The number of aryl methyl sites for hydroxylation is 1. The van der Waals surface area contributed by atoms with Crippen molar-refractivity contribution in [1.82, 2.24) is 10.3 Å². The number of carbonyl (C=O) groups excluding carboxylic acids is 2. The average molecular weight is 420 g/mol. The van der Waals surface area contributed by atoms with E-state index in [1.165, 1.54) is 12.8 Å². The van der Waals surface area contributed by atoms with Gasteiger partial charge in [-0.25, -0.2) is 4.98 Å². The molecule has 0 unspecified atom stereocenters. The number of methoxy groups -OCH3 is 1. The third-order valence-corrected chi connectivity index (χ3v) is 5.45. The summed E-state index contributed by atoms with van der Waals surface area (Å²) in [7, 11) is 1.58. The molecule has 1 aromatic carbocycles. The molecule has 0 aliphatic heterocycles. The van der Waals surface area contributed by atoms with Crippen LogP contribution in [-0.2, 0) is 17.8 Å². The minimum Gasteiger partial charge on any atom is -0.544 e. The summed E-state index contributed by atoms with van der Waals surface area (Å²) in [4.78, 5) is 27.3. The molecule has 7 nitrogen and oxygen atoms in total. The topological polar surface area (TPSA) is 101 Å². The van der Waals surface area contributed by atoms with Gasteiger partial charge >= 0.3 is 0 Å². The van der Waals surface area contributed by atoms with Gasteiger partial charge in [-0.05, 0) is 31.0 Å². The normalized spacial score (nSPS) is 10.6. The average Bonchev–Trinajstić information content (AvgIpc) is 3.07. The molecule has 0 fully saturated rings. The lowest BCUT2D eigenvalue weighted by atomic mass is 10.2. The van der Waals surface area contributed by atoms with Gasteiger partial charge in [0.15, 0.2) is 11.5 Å². The van der Waals surface area contributed by atoms with Gasteiger partial charge in [0.05, 0.1) is 36.7 Å². The number of unbranched alkanes of at least 4 members (excludes halogenated alkanes) is 3. The van der Waals surface area contributed by atoms with Crippen molar-refractivity contribution in [2.45, 2.75) is 52.5 Å². The first-order valence-corrected chi connectivity index (χ1v) is 10.5. The van der Waals surface area contributed by atoms with Crippen molar-refractivity contribution in [1.29, 1.82) is 0 Å². The Morgan fingerprint density at radius 1 is 1.21 bits per heavy atom. The number of amides is 1. The Morgan fingerprint density at radius 3 is 2.66 bits per heavy atom. The Balaban J connectivity index is 1.87. The van der Waals surface area contributed by atoms with E-state index in [1.54, 1.807) is 14.0 Å². The van der Waals surface area contributed by atoms with Crippen LogP contribution < -0.4 is 19.9 Å². The summed E-state index contributed by atoms with van der Waals surface area (Å²) in [5.74, 6) is -0.196. The standard InChI is InChI=1S/C21H28N2O5S/c1-4-5-6-7-10-28-16-9-8-15(11-17(16)27-3)13-22-18(24)12-19-23-14(2)20(29-19)21(25)26/h8-9,11H,4-7,10,12-13H2,1-3H3,(H,22,24)(H,25,26)/p-1. The van der Waals surface area contributed by atoms with Gasteiger partial charge in [-0.3, -0.25) is 4.79 Å². The Morgan fingerprint density at radius 2 is 2.00 bits per heavy atom. The summed E-state index contributed by atoms with van der Waals surface area (Å²) in [5.41, 5.74) is 1.24. The van der Waals surface area contributed by atoms with Crippen molar-refractivity contribution >= 4 is 23.2 Å². The quantitative estimate of drug-likeness (QED) is 0.531. The largest absolute Gasteiger partial charge is 0.544 e. The second-order valence-electron chi connectivity index (χ2n) is 6.66. The van der Waals surface area contributed by atoms with Crippen LogP contribution in [0.4, 0.5) is 0 Å². The molecule has 2 rings (SSSR count). The van der Waals surface area contributed by atoms with E-state index in [0.29, 0.717) is 35.4 Å². The zero-order valence-electron chi connectivity index (χ0n) is 17.1. The van der Waals surface area contributed by atoms with Crippen molar-refractivity contribution < 1.29 is 24.2 Å². The summed E-state index contributed by atoms with van der Waals surface area (Å²) in [5, 5.41) is 14.2. The second kappa shape index (κ2) is 11.4. The van der Waals surface area contributed by atoms with Crippen molar-refractivity contribution in [2.24, 2.45) is 0 Å². The molecule has 1 aromatic heterocycles. The van der Waals surface area contributed by atoms with Crippen molar-refractivity contribution in [3.63, 3.8) is 0 Å². The van der Waals surface area contributed by atoms with E-state index in [-0.39, 0.29) is 17.2 Å². The number of hydrogen-bond donors (Lipinski definition) is 1. The van der Waals surface area contributed by atoms with E-state index in [9.17, 15) is 14.7 Å². The van der Waals surface area contributed by atoms with Crippen LogP contribution in [0.5, 0.6) is 11.5 Å². The Labute approximate surface area is 175 Å². The molecule has 0 bridgehead atoms. The Kier molecular flexibility index (Phi) is 8.92. The molecule has 0 saturated heterocycles. The molecule has 8 heteroatoms. The van der Waals surface area contributed by atoms with E-state index in [2.05, 4.69) is 17.2 Å². The van der Waals surface area contributed by atoms with E-state index in [1.807, 2.05) is 18.2 Å². The molecular weight excluding hydrogens is 392 g/mol. The number of thiazole rings is 1. The Bertz CT molecular complexity index is 834. The molecule has 29 heavy (non-hydrogen) atoms. The number of carbonyl (C=O) groups is 2. The highest BCUT2D eigenvalue weighted by molar-refractivity contribution is 7.13. The molecule has 2 aromatic rings. The number of aromatic nitrogens is 1. The number of ether oxygens (including phenoxy) is 2. The number of carboxylic acids is 1. The van der Waals surface area contributed by atoms with Gasteiger partial charge in [0.2, 0.25) is 5.91 Å². The maximum Gasteiger partial charge on any atom is 0.227 e. The summed E-state index contributed by atoms with van der Waals surface area (Å²) < 4.78 is 11.2. The van der Waals surface area contributed by atoms with Crippen LogP contribution in [0, 0.1) is 6.92 Å². The van der Waals surface area contributed by atoms with E-state index >= 15 is 0 Å². The van der Waals surface area contributed by atoms with E-state index < -0.39 is 5.97 Å². The fourth-order valence-electron chi connectivity index (χ4n) is 2.77. The molecule has 158 valence electrons. The number of hydrogen-bond acceptors (Lipinski definition) is 7. The van der Waals surface area contributed by atoms with Crippen molar-refractivity contribution in [3.8, 4) is 11.5 Å². The van der Waals surface area contributed by atoms with Gasteiger partial charge < -0.3 is 24.7 Å². The number of nitrogens with zero attached hydrogens (tertiary/aromatic N) is 1. The van der Waals surface area contributed by atoms with Crippen molar-refractivity contribution in [2.75, 3.05) is 13.7 Å². The van der Waals surface area contributed by atoms with Gasteiger partial charge in [0.25, 0.3) is 0 Å². The highest BCUT2D eigenvalue weighted by atomic mass is 32.1. The molecule has 0 aliphatic rings. The van der Waals surface area contributed by atoms with E-state index in [4.69, 9.17) is 9.47 Å². The minimum atomic E-state index is -1.27. The maximum atomic E-state index is 12.2. The smallest absolute Gasteiger partial charge is 0.227 e. The number of rotatable bonds is 12. The van der Waals surface area contributed by atoms with Gasteiger partial charge in [-0.15, -0.1) is 11.3 Å². The molecule has 1 heterocycles. The molecule has 1 N–H and O–H groups in total. The maximum absolute atomic E-state index is 12.2. The summed E-state index contributed by atoms with van der Waals surface area (Å²) in [6, 6.07) is 5.56.